The summed E-state index contributed by atoms with van der Waals surface area (Å²) in [5, 5.41) is 12.0. The van der Waals surface area contributed by atoms with Gasteiger partial charge in [-0.3, -0.25) is 4.79 Å². The number of amides is 1. The van der Waals surface area contributed by atoms with Crippen molar-refractivity contribution in [3.05, 3.63) is 29.8 Å². The fraction of sp³-hybridized carbons (Fsp3) is 0.562. The van der Waals surface area contributed by atoms with E-state index in [9.17, 15) is 13.6 Å². The smallest absolute Gasteiger partial charge is 0.260 e. The van der Waals surface area contributed by atoms with Gasteiger partial charge in [0.2, 0.25) is 0 Å². The molecule has 1 amide bonds. The molecule has 1 aliphatic rings. The molecular formula is C16H21F2NO3. The Labute approximate surface area is 128 Å². The summed E-state index contributed by atoms with van der Waals surface area (Å²) >= 11 is 0. The second-order valence-electron chi connectivity index (χ2n) is 5.74. The zero-order valence-electron chi connectivity index (χ0n) is 12.5. The normalized spacial score (nSPS) is 22.9. The molecule has 122 valence electrons. The van der Waals surface area contributed by atoms with Crippen molar-refractivity contribution in [2.24, 2.45) is 5.92 Å². The Morgan fingerprint density at radius 2 is 2.00 bits per heavy atom. The standard InChI is InChI=1S/C16H21F2NO3/c1-10(22-13-6-7-14(17)15(18)8-13)16(21)19-12-4-2-11(9-20)3-5-12/h6-8,10-12,20H,2-5,9H2,1H3,(H,19,21). The monoisotopic (exact) mass is 313 g/mol. The summed E-state index contributed by atoms with van der Waals surface area (Å²) < 4.78 is 31.3. The van der Waals surface area contributed by atoms with Crippen molar-refractivity contribution in [1.82, 2.24) is 5.32 Å². The van der Waals surface area contributed by atoms with Crippen LogP contribution in [0.2, 0.25) is 0 Å². The molecule has 6 heteroatoms. The van der Waals surface area contributed by atoms with E-state index in [1.165, 1.54) is 6.07 Å². The first-order valence-corrected chi connectivity index (χ1v) is 7.52. The van der Waals surface area contributed by atoms with Crippen LogP contribution in [0.5, 0.6) is 5.75 Å². The SMILES string of the molecule is CC(Oc1ccc(F)c(F)c1)C(=O)NC1CCC(CO)CC1. The van der Waals surface area contributed by atoms with Gasteiger partial charge in [0.05, 0.1) is 0 Å². The number of rotatable bonds is 5. The second-order valence-corrected chi connectivity index (χ2v) is 5.74. The van der Waals surface area contributed by atoms with Crippen LogP contribution in [-0.4, -0.2) is 29.8 Å². The van der Waals surface area contributed by atoms with E-state index < -0.39 is 17.7 Å². The quantitative estimate of drug-likeness (QED) is 0.877. The number of carbonyl (C=O) groups is 1. The van der Waals surface area contributed by atoms with Crippen LogP contribution < -0.4 is 10.1 Å². The number of aliphatic hydroxyl groups is 1. The van der Waals surface area contributed by atoms with Crippen molar-refractivity contribution in [2.75, 3.05) is 6.61 Å². The Kier molecular flexibility index (Phi) is 5.71. The van der Waals surface area contributed by atoms with Crippen LogP contribution in [0.25, 0.3) is 0 Å². The van der Waals surface area contributed by atoms with Crippen LogP contribution in [0, 0.1) is 17.6 Å². The minimum atomic E-state index is -1.01. The molecule has 1 atom stereocenters. The lowest BCUT2D eigenvalue weighted by atomic mass is 9.86. The Balaban J connectivity index is 1.83. The molecule has 4 nitrogen and oxygen atoms in total. The zero-order chi connectivity index (χ0) is 16.1. The van der Waals surface area contributed by atoms with Crippen molar-refractivity contribution < 1.29 is 23.4 Å². The Hall–Kier alpha value is -1.69. The van der Waals surface area contributed by atoms with E-state index in [1.54, 1.807) is 6.92 Å². The number of carbonyl (C=O) groups excluding carboxylic acids is 1. The van der Waals surface area contributed by atoms with Crippen LogP contribution in [0.3, 0.4) is 0 Å². The van der Waals surface area contributed by atoms with Gasteiger partial charge in [0.1, 0.15) is 5.75 Å². The average Bonchev–Trinajstić information content (AvgIpc) is 2.51. The third kappa shape index (κ3) is 4.40. The molecular weight excluding hydrogens is 292 g/mol. The van der Waals surface area contributed by atoms with E-state index in [4.69, 9.17) is 9.84 Å². The lowest BCUT2D eigenvalue weighted by molar-refractivity contribution is -0.128. The largest absolute Gasteiger partial charge is 0.481 e. The molecule has 22 heavy (non-hydrogen) atoms. The number of hydrogen-bond donors (Lipinski definition) is 2. The first kappa shape index (κ1) is 16.7. The molecule has 1 saturated carbocycles. The van der Waals surface area contributed by atoms with Gasteiger partial charge in [0.25, 0.3) is 5.91 Å². The molecule has 2 rings (SSSR count). The van der Waals surface area contributed by atoms with E-state index in [-0.39, 0.29) is 24.3 Å². The van der Waals surface area contributed by atoms with Gasteiger partial charge in [-0.15, -0.1) is 0 Å². The lowest BCUT2D eigenvalue weighted by Gasteiger charge is -2.28. The molecule has 0 aliphatic heterocycles. The Morgan fingerprint density at radius 3 is 2.59 bits per heavy atom. The van der Waals surface area contributed by atoms with E-state index in [2.05, 4.69) is 5.32 Å². The maximum atomic E-state index is 13.1. The number of ether oxygens (including phenoxy) is 1. The van der Waals surface area contributed by atoms with Crippen LogP contribution in [0.15, 0.2) is 18.2 Å². The van der Waals surface area contributed by atoms with Gasteiger partial charge in [-0.1, -0.05) is 0 Å². The van der Waals surface area contributed by atoms with Gasteiger partial charge >= 0.3 is 0 Å². The zero-order valence-corrected chi connectivity index (χ0v) is 12.5. The number of halogens is 2. The van der Waals surface area contributed by atoms with Gasteiger partial charge in [-0.2, -0.15) is 0 Å². The number of nitrogens with one attached hydrogen (secondary N) is 1. The van der Waals surface area contributed by atoms with Crippen molar-refractivity contribution >= 4 is 5.91 Å². The fourth-order valence-electron chi connectivity index (χ4n) is 2.62. The minimum absolute atomic E-state index is 0.0753. The summed E-state index contributed by atoms with van der Waals surface area (Å²) in [5.74, 6) is -1.80. The van der Waals surface area contributed by atoms with Crippen LogP contribution in [0.1, 0.15) is 32.6 Å². The van der Waals surface area contributed by atoms with E-state index in [0.29, 0.717) is 5.92 Å². The minimum Gasteiger partial charge on any atom is -0.481 e. The molecule has 1 aromatic carbocycles. The predicted molar refractivity (Wildman–Crippen MR) is 77.4 cm³/mol. The van der Waals surface area contributed by atoms with Gasteiger partial charge in [-0.25, -0.2) is 8.78 Å². The number of benzene rings is 1. The Morgan fingerprint density at radius 1 is 1.32 bits per heavy atom. The first-order valence-electron chi connectivity index (χ1n) is 7.52. The highest BCUT2D eigenvalue weighted by Gasteiger charge is 2.24. The molecule has 0 aromatic heterocycles. The number of aliphatic hydroxyl groups excluding tert-OH is 1. The molecule has 0 heterocycles. The summed E-state index contributed by atoms with van der Waals surface area (Å²) in [5.41, 5.74) is 0. The van der Waals surface area contributed by atoms with Crippen LogP contribution >= 0.6 is 0 Å². The molecule has 1 aliphatic carbocycles. The van der Waals surface area contributed by atoms with E-state index in [1.807, 2.05) is 0 Å². The summed E-state index contributed by atoms with van der Waals surface area (Å²) in [6.45, 7) is 1.76. The lowest BCUT2D eigenvalue weighted by Crippen LogP contribution is -2.44. The molecule has 0 radical (unpaired) electrons. The highest BCUT2D eigenvalue weighted by Crippen LogP contribution is 2.24. The maximum absolute atomic E-state index is 13.1. The summed E-state index contributed by atoms with van der Waals surface area (Å²) in [4.78, 5) is 12.1. The third-order valence-electron chi connectivity index (χ3n) is 4.02. The third-order valence-corrected chi connectivity index (χ3v) is 4.02. The first-order chi connectivity index (χ1) is 10.5. The fourth-order valence-corrected chi connectivity index (χ4v) is 2.62. The van der Waals surface area contributed by atoms with Gasteiger partial charge in [0, 0.05) is 18.7 Å². The topological polar surface area (TPSA) is 58.6 Å². The Bertz CT molecular complexity index is 516. The van der Waals surface area contributed by atoms with Crippen molar-refractivity contribution in [1.29, 1.82) is 0 Å². The second kappa shape index (κ2) is 7.54. The average molecular weight is 313 g/mol. The molecule has 1 aromatic rings. The summed E-state index contributed by atoms with van der Waals surface area (Å²) in [7, 11) is 0. The van der Waals surface area contributed by atoms with Gasteiger partial charge in [0.15, 0.2) is 17.7 Å². The predicted octanol–water partition coefficient (Wildman–Crippen LogP) is 2.40. The highest BCUT2D eigenvalue weighted by atomic mass is 19.2. The molecule has 0 spiro atoms. The van der Waals surface area contributed by atoms with Crippen LogP contribution in [-0.2, 0) is 4.79 Å². The maximum Gasteiger partial charge on any atom is 0.260 e. The summed E-state index contributed by atoms with van der Waals surface area (Å²) in [6.07, 6.45) is 2.64. The van der Waals surface area contributed by atoms with E-state index in [0.717, 1.165) is 37.8 Å². The molecule has 1 fully saturated rings. The van der Waals surface area contributed by atoms with Gasteiger partial charge in [-0.05, 0) is 50.7 Å². The van der Waals surface area contributed by atoms with Crippen molar-refractivity contribution in [3.8, 4) is 5.75 Å². The van der Waals surface area contributed by atoms with Crippen molar-refractivity contribution in [3.63, 3.8) is 0 Å². The summed E-state index contributed by atoms with van der Waals surface area (Å²) in [6, 6.07) is 3.25. The number of hydrogen-bond acceptors (Lipinski definition) is 3. The molecule has 1 unspecified atom stereocenters. The van der Waals surface area contributed by atoms with Crippen molar-refractivity contribution in [2.45, 2.75) is 44.8 Å². The molecule has 0 saturated heterocycles. The van der Waals surface area contributed by atoms with Crippen LogP contribution in [0.4, 0.5) is 8.78 Å². The highest BCUT2D eigenvalue weighted by molar-refractivity contribution is 5.81. The van der Waals surface area contributed by atoms with Gasteiger partial charge < -0.3 is 15.2 Å². The molecule has 0 bridgehead atoms. The van der Waals surface area contributed by atoms with E-state index >= 15 is 0 Å². The molecule has 2 N–H and O–H groups in total.